The fraction of sp³-hybridized carbons (Fsp3) is 0.538. The molecule has 6 nitrogen and oxygen atoms in total. The number of anilines is 1. The number of nitrogens with one attached hydrogen (secondary N) is 1. The lowest BCUT2D eigenvalue weighted by Crippen LogP contribution is -2.43. The van der Waals surface area contributed by atoms with E-state index in [1.54, 1.807) is 6.07 Å². The van der Waals surface area contributed by atoms with Crippen LogP contribution < -0.4 is 15.0 Å². The number of nitro groups is 1. The molecule has 0 spiro atoms. The standard InChI is InChI=1S/C13H19N3O3/c1-10(2)19-13-8-11(7-12(9-13)16(17)18)15-5-3-14-4-6-15/h7-10,14H,3-6H2,1-2H3. The number of ether oxygens (including phenoxy) is 1. The first-order chi connectivity index (χ1) is 9.06. The molecule has 1 saturated heterocycles. The fourth-order valence-corrected chi connectivity index (χ4v) is 2.12. The lowest BCUT2D eigenvalue weighted by atomic mass is 10.2. The second kappa shape index (κ2) is 5.88. The van der Waals surface area contributed by atoms with E-state index in [0.717, 1.165) is 31.9 Å². The van der Waals surface area contributed by atoms with E-state index < -0.39 is 0 Å². The first-order valence-electron chi connectivity index (χ1n) is 6.48. The predicted molar refractivity (Wildman–Crippen MR) is 73.9 cm³/mol. The van der Waals surface area contributed by atoms with Crippen molar-refractivity contribution in [2.75, 3.05) is 31.1 Å². The highest BCUT2D eigenvalue weighted by Crippen LogP contribution is 2.29. The third-order valence-electron chi connectivity index (χ3n) is 2.94. The summed E-state index contributed by atoms with van der Waals surface area (Å²) in [5, 5.41) is 14.3. The molecule has 6 heteroatoms. The maximum absolute atomic E-state index is 11.0. The third kappa shape index (κ3) is 3.57. The van der Waals surface area contributed by atoms with Crippen molar-refractivity contribution in [3.63, 3.8) is 0 Å². The number of nitro benzene ring substituents is 1. The van der Waals surface area contributed by atoms with Crippen LogP contribution in [0.1, 0.15) is 13.8 Å². The topological polar surface area (TPSA) is 67.6 Å². The summed E-state index contributed by atoms with van der Waals surface area (Å²) in [6, 6.07) is 4.96. The van der Waals surface area contributed by atoms with Crippen molar-refractivity contribution in [3.8, 4) is 5.75 Å². The summed E-state index contributed by atoms with van der Waals surface area (Å²) in [5.74, 6) is 0.553. The number of hydrogen-bond acceptors (Lipinski definition) is 5. The zero-order valence-electron chi connectivity index (χ0n) is 11.3. The maximum Gasteiger partial charge on any atom is 0.275 e. The minimum Gasteiger partial charge on any atom is -0.491 e. The average Bonchev–Trinajstić information content (AvgIpc) is 2.38. The molecular weight excluding hydrogens is 246 g/mol. The van der Waals surface area contributed by atoms with E-state index in [1.165, 1.54) is 6.07 Å². The zero-order valence-corrected chi connectivity index (χ0v) is 11.3. The molecule has 0 aromatic heterocycles. The molecule has 1 heterocycles. The van der Waals surface area contributed by atoms with E-state index in [4.69, 9.17) is 4.74 Å². The molecular formula is C13H19N3O3. The van der Waals surface area contributed by atoms with Gasteiger partial charge in [-0.3, -0.25) is 10.1 Å². The van der Waals surface area contributed by atoms with E-state index in [0.29, 0.717) is 5.75 Å². The van der Waals surface area contributed by atoms with E-state index in [1.807, 2.05) is 19.9 Å². The van der Waals surface area contributed by atoms with E-state index >= 15 is 0 Å². The molecule has 1 N–H and O–H groups in total. The summed E-state index contributed by atoms with van der Waals surface area (Å²) in [4.78, 5) is 12.8. The number of benzene rings is 1. The molecule has 1 aromatic carbocycles. The molecule has 0 saturated carbocycles. The molecule has 1 aliphatic rings. The Labute approximate surface area is 112 Å². The Morgan fingerprint density at radius 1 is 1.32 bits per heavy atom. The van der Waals surface area contributed by atoms with Gasteiger partial charge in [-0.1, -0.05) is 0 Å². The van der Waals surface area contributed by atoms with E-state index in [-0.39, 0.29) is 16.7 Å². The van der Waals surface area contributed by atoms with Crippen LogP contribution in [-0.4, -0.2) is 37.2 Å². The molecule has 0 bridgehead atoms. The minimum absolute atomic E-state index is 0.00197. The molecule has 1 aliphatic heterocycles. The maximum atomic E-state index is 11.0. The molecule has 19 heavy (non-hydrogen) atoms. The third-order valence-corrected chi connectivity index (χ3v) is 2.94. The van der Waals surface area contributed by atoms with Crippen LogP contribution in [0.5, 0.6) is 5.75 Å². The van der Waals surface area contributed by atoms with Gasteiger partial charge in [0.2, 0.25) is 0 Å². The van der Waals surface area contributed by atoms with Crippen LogP contribution in [0.3, 0.4) is 0 Å². The lowest BCUT2D eigenvalue weighted by Gasteiger charge is -2.29. The Kier molecular flexibility index (Phi) is 4.21. The van der Waals surface area contributed by atoms with Gasteiger partial charge in [-0.25, -0.2) is 0 Å². The SMILES string of the molecule is CC(C)Oc1cc(N2CCNCC2)cc([N+](=O)[O-])c1. The highest BCUT2D eigenvalue weighted by atomic mass is 16.6. The van der Waals surface area contributed by atoms with Gasteiger partial charge in [0, 0.05) is 44.0 Å². The summed E-state index contributed by atoms with van der Waals surface area (Å²) in [5.41, 5.74) is 0.929. The van der Waals surface area contributed by atoms with Gasteiger partial charge in [0.25, 0.3) is 5.69 Å². The van der Waals surface area contributed by atoms with Gasteiger partial charge in [-0.15, -0.1) is 0 Å². The van der Waals surface area contributed by atoms with Gasteiger partial charge in [0.1, 0.15) is 5.75 Å². The van der Waals surface area contributed by atoms with Crippen molar-refractivity contribution < 1.29 is 9.66 Å². The number of rotatable bonds is 4. The van der Waals surface area contributed by atoms with Crippen LogP contribution in [0.4, 0.5) is 11.4 Å². The van der Waals surface area contributed by atoms with Crippen LogP contribution in [0.25, 0.3) is 0 Å². The Morgan fingerprint density at radius 3 is 2.58 bits per heavy atom. The molecule has 1 fully saturated rings. The van der Waals surface area contributed by atoms with Crippen molar-refractivity contribution in [2.24, 2.45) is 0 Å². The van der Waals surface area contributed by atoms with Crippen LogP contribution in [0.2, 0.25) is 0 Å². The van der Waals surface area contributed by atoms with Crippen molar-refractivity contribution in [1.29, 1.82) is 0 Å². The normalized spacial score (nSPS) is 15.6. The van der Waals surface area contributed by atoms with Gasteiger partial charge in [0.15, 0.2) is 0 Å². The highest BCUT2D eigenvalue weighted by Gasteiger charge is 2.17. The van der Waals surface area contributed by atoms with Crippen LogP contribution >= 0.6 is 0 Å². The Bertz CT molecular complexity index is 456. The van der Waals surface area contributed by atoms with Crippen LogP contribution in [0, 0.1) is 10.1 Å². The Morgan fingerprint density at radius 2 is 2.00 bits per heavy atom. The van der Waals surface area contributed by atoms with E-state index in [2.05, 4.69) is 10.2 Å². The van der Waals surface area contributed by atoms with Gasteiger partial charge >= 0.3 is 0 Å². The van der Waals surface area contributed by atoms with Crippen LogP contribution in [-0.2, 0) is 0 Å². The van der Waals surface area contributed by atoms with Gasteiger partial charge in [-0.2, -0.15) is 0 Å². The first kappa shape index (κ1) is 13.6. The van der Waals surface area contributed by atoms with Gasteiger partial charge < -0.3 is 15.0 Å². The van der Waals surface area contributed by atoms with E-state index in [9.17, 15) is 10.1 Å². The largest absolute Gasteiger partial charge is 0.491 e. The number of nitrogens with zero attached hydrogens (tertiary/aromatic N) is 2. The summed E-state index contributed by atoms with van der Waals surface area (Å²) < 4.78 is 5.59. The summed E-state index contributed by atoms with van der Waals surface area (Å²) in [6.07, 6.45) is -0.00197. The molecule has 104 valence electrons. The fourth-order valence-electron chi connectivity index (χ4n) is 2.12. The summed E-state index contributed by atoms with van der Waals surface area (Å²) in [7, 11) is 0. The molecule has 0 aliphatic carbocycles. The van der Waals surface area contributed by atoms with Crippen molar-refractivity contribution >= 4 is 11.4 Å². The summed E-state index contributed by atoms with van der Waals surface area (Å²) >= 11 is 0. The van der Waals surface area contributed by atoms with Crippen LogP contribution in [0.15, 0.2) is 18.2 Å². The van der Waals surface area contributed by atoms with Gasteiger partial charge in [-0.05, 0) is 13.8 Å². The Hall–Kier alpha value is -1.82. The Balaban J connectivity index is 2.30. The summed E-state index contributed by atoms with van der Waals surface area (Å²) in [6.45, 7) is 7.29. The molecule has 1 aromatic rings. The molecule has 0 unspecified atom stereocenters. The highest BCUT2D eigenvalue weighted by molar-refractivity contribution is 5.58. The first-order valence-corrected chi connectivity index (χ1v) is 6.48. The molecule has 0 atom stereocenters. The second-order valence-electron chi connectivity index (χ2n) is 4.85. The van der Waals surface area contributed by atoms with Crippen molar-refractivity contribution in [3.05, 3.63) is 28.3 Å². The van der Waals surface area contributed by atoms with Crippen molar-refractivity contribution in [1.82, 2.24) is 5.32 Å². The predicted octanol–water partition coefficient (Wildman–Crippen LogP) is 1.79. The molecule has 0 radical (unpaired) electrons. The van der Waals surface area contributed by atoms with Gasteiger partial charge in [0.05, 0.1) is 17.1 Å². The minimum atomic E-state index is -0.376. The smallest absolute Gasteiger partial charge is 0.275 e. The molecule has 0 amide bonds. The lowest BCUT2D eigenvalue weighted by molar-refractivity contribution is -0.384. The van der Waals surface area contributed by atoms with Crippen molar-refractivity contribution in [2.45, 2.75) is 20.0 Å². The number of piperazine rings is 1. The quantitative estimate of drug-likeness (QED) is 0.664. The second-order valence-corrected chi connectivity index (χ2v) is 4.85. The zero-order chi connectivity index (χ0) is 13.8. The average molecular weight is 265 g/mol. The monoisotopic (exact) mass is 265 g/mol. The number of non-ortho nitro benzene ring substituents is 1. The molecule has 2 rings (SSSR count). The number of hydrogen-bond donors (Lipinski definition) is 1.